The van der Waals surface area contributed by atoms with Crippen LogP contribution in [0, 0.1) is 0 Å². The van der Waals surface area contributed by atoms with Crippen molar-refractivity contribution in [2.24, 2.45) is 0 Å². The molecule has 1 aromatic heterocycles. The summed E-state index contributed by atoms with van der Waals surface area (Å²) in [4.78, 5) is 23.7. The van der Waals surface area contributed by atoms with E-state index in [0.29, 0.717) is 11.8 Å². The van der Waals surface area contributed by atoms with E-state index in [9.17, 15) is 4.79 Å². The molecule has 0 aliphatic carbocycles. The van der Waals surface area contributed by atoms with Crippen LogP contribution in [0.2, 0.25) is 0 Å². The van der Waals surface area contributed by atoms with Gasteiger partial charge < -0.3 is 5.32 Å². The second kappa shape index (κ2) is 5.70. The standard InChI is InChI=1S/C20H18N4O/c1-20(2)16-13-21-19(22-14-9-5-3-6-10-14)23-17(16)24(18(20)25)15-11-7-4-8-12-15/h3-13H,1-2H3,(H,21,22,23). The molecule has 1 aliphatic rings. The minimum absolute atomic E-state index is 0.000129. The van der Waals surface area contributed by atoms with Gasteiger partial charge in [0.15, 0.2) is 0 Å². The molecular weight excluding hydrogens is 312 g/mol. The number of hydrogen-bond donors (Lipinski definition) is 1. The first-order valence-corrected chi connectivity index (χ1v) is 8.16. The van der Waals surface area contributed by atoms with Crippen molar-refractivity contribution in [1.82, 2.24) is 9.97 Å². The average molecular weight is 330 g/mol. The number of para-hydroxylation sites is 2. The molecule has 0 bridgehead atoms. The molecule has 5 nitrogen and oxygen atoms in total. The van der Waals surface area contributed by atoms with Crippen molar-refractivity contribution < 1.29 is 4.79 Å². The molecule has 0 radical (unpaired) electrons. The van der Waals surface area contributed by atoms with E-state index >= 15 is 0 Å². The van der Waals surface area contributed by atoms with Crippen molar-refractivity contribution in [1.29, 1.82) is 0 Å². The Hall–Kier alpha value is -3.21. The second-order valence-electron chi connectivity index (χ2n) is 6.52. The van der Waals surface area contributed by atoms with Gasteiger partial charge in [0.25, 0.3) is 0 Å². The lowest BCUT2D eigenvalue weighted by Crippen LogP contribution is -2.33. The van der Waals surface area contributed by atoms with E-state index in [1.165, 1.54) is 0 Å². The van der Waals surface area contributed by atoms with Gasteiger partial charge in [0, 0.05) is 17.4 Å². The van der Waals surface area contributed by atoms with Gasteiger partial charge in [-0.2, -0.15) is 4.98 Å². The summed E-state index contributed by atoms with van der Waals surface area (Å²) in [5.41, 5.74) is 1.89. The minimum atomic E-state index is -0.656. The summed E-state index contributed by atoms with van der Waals surface area (Å²) in [6.45, 7) is 3.82. The number of rotatable bonds is 3. The summed E-state index contributed by atoms with van der Waals surface area (Å²) in [5.74, 6) is 1.10. The summed E-state index contributed by atoms with van der Waals surface area (Å²) in [5, 5.41) is 3.19. The third kappa shape index (κ3) is 2.54. The van der Waals surface area contributed by atoms with E-state index in [-0.39, 0.29) is 5.91 Å². The van der Waals surface area contributed by atoms with E-state index in [0.717, 1.165) is 16.9 Å². The zero-order valence-electron chi connectivity index (χ0n) is 14.1. The Balaban J connectivity index is 1.79. The van der Waals surface area contributed by atoms with Gasteiger partial charge in [0.05, 0.1) is 11.1 Å². The van der Waals surface area contributed by atoms with Gasteiger partial charge in [-0.25, -0.2) is 4.98 Å². The van der Waals surface area contributed by atoms with Gasteiger partial charge in [-0.15, -0.1) is 0 Å². The van der Waals surface area contributed by atoms with Crippen LogP contribution in [0.3, 0.4) is 0 Å². The third-order valence-electron chi connectivity index (χ3n) is 4.44. The van der Waals surface area contributed by atoms with Crippen LogP contribution in [-0.2, 0) is 10.2 Å². The Bertz CT molecular complexity index is 923. The van der Waals surface area contributed by atoms with Crippen molar-refractivity contribution in [3.05, 3.63) is 72.4 Å². The monoisotopic (exact) mass is 330 g/mol. The highest BCUT2D eigenvalue weighted by atomic mass is 16.2. The Kier molecular flexibility index (Phi) is 3.50. The lowest BCUT2D eigenvalue weighted by molar-refractivity contribution is -0.121. The molecule has 4 rings (SSSR count). The Morgan fingerprint density at radius 3 is 2.28 bits per heavy atom. The maximum absolute atomic E-state index is 13.0. The number of anilines is 4. The Labute approximate surface area is 146 Å². The van der Waals surface area contributed by atoms with Crippen molar-refractivity contribution in [3.63, 3.8) is 0 Å². The highest BCUT2D eigenvalue weighted by Crippen LogP contribution is 2.44. The topological polar surface area (TPSA) is 58.1 Å². The van der Waals surface area contributed by atoms with Crippen LogP contribution in [0.15, 0.2) is 66.9 Å². The summed E-state index contributed by atoms with van der Waals surface area (Å²) in [6.07, 6.45) is 1.74. The van der Waals surface area contributed by atoms with Gasteiger partial charge in [-0.3, -0.25) is 9.69 Å². The molecular formula is C20H18N4O. The first-order chi connectivity index (χ1) is 12.1. The molecule has 0 unspecified atom stereocenters. The van der Waals surface area contributed by atoms with Gasteiger partial charge in [-0.05, 0) is 38.1 Å². The maximum atomic E-state index is 13.0. The minimum Gasteiger partial charge on any atom is -0.324 e. The Morgan fingerprint density at radius 2 is 1.60 bits per heavy atom. The van der Waals surface area contributed by atoms with Crippen LogP contribution in [0.4, 0.5) is 23.1 Å². The zero-order chi connectivity index (χ0) is 17.4. The molecule has 0 saturated carbocycles. The number of carbonyl (C=O) groups excluding carboxylic acids is 1. The van der Waals surface area contributed by atoms with Crippen molar-refractivity contribution in [2.45, 2.75) is 19.3 Å². The number of fused-ring (bicyclic) bond motifs is 1. The smallest absolute Gasteiger partial charge is 0.243 e. The molecule has 3 aromatic rings. The number of aromatic nitrogens is 2. The largest absolute Gasteiger partial charge is 0.324 e. The van der Waals surface area contributed by atoms with Crippen molar-refractivity contribution in [2.75, 3.05) is 10.2 Å². The lowest BCUT2D eigenvalue weighted by atomic mass is 9.88. The molecule has 0 saturated heterocycles. The predicted molar refractivity (Wildman–Crippen MR) is 98.4 cm³/mol. The molecule has 124 valence electrons. The fraction of sp³-hybridized carbons (Fsp3) is 0.150. The summed E-state index contributed by atoms with van der Waals surface area (Å²) in [7, 11) is 0. The molecule has 2 aromatic carbocycles. The third-order valence-corrected chi connectivity index (χ3v) is 4.44. The van der Waals surface area contributed by atoms with Gasteiger partial charge >= 0.3 is 0 Å². The lowest BCUT2D eigenvalue weighted by Gasteiger charge is -2.19. The van der Waals surface area contributed by atoms with Crippen LogP contribution < -0.4 is 10.2 Å². The first kappa shape index (κ1) is 15.3. The van der Waals surface area contributed by atoms with Crippen LogP contribution in [0.25, 0.3) is 0 Å². The van der Waals surface area contributed by atoms with Crippen LogP contribution in [-0.4, -0.2) is 15.9 Å². The predicted octanol–water partition coefficient (Wildman–Crippen LogP) is 4.18. The molecule has 1 N–H and O–H groups in total. The normalized spacial score (nSPS) is 15.1. The molecule has 25 heavy (non-hydrogen) atoms. The van der Waals surface area contributed by atoms with Gasteiger partial charge in [-0.1, -0.05) is 36.4 Å². The van der Waals surface area contributed by atoms with E-state index in [4.69, 9.17) is 0 Å². The summed E-state index contributed by atoms with van der Waals surface area (Å²) >= 11 is 0. The van der Waals surface area contributed by atoms with Crippen molar-refractivity contribution in [3.8, 4) is 0 Å². The maximum Gasteiger partial charge on any atom is 0.243 e. The number of nitrogens with zero attached hydrogens (tertiary/aromatic N) is 3. The second-order valence-corrected chi connectivity index (χ2v) is 6.52. The van der Waals surface area contributed by atoms with Crippen LogP contribution in [0.1, 0.15) is 19.4 Å². The number of carbonyl (C=O) groups is 1. The van der Waals surface area contributed by atoms with E-state index < -0.39 is 5.41 Å². The van der Waals surface area contributed by atoms with Gasteiger partial charge in [0.1, 0.15) is 5.82 Å². The molecule has 0 spiro atoms. The SMILES string of the molecule is CC1(C)C(=O)N(c2ccccc2)c2nc(Nc3ccccc3)ncc21. The van der Waals surface area contributed by atoms with E-state index in [1.54, 1.807) is 11.1 Å². The molecule has 5 heteroatoms. The van der Waals surface area contributed by atoms with Gasteiger partial charge in [0.2, 0.25) is 11.9 Å². The summed E-state index contributed by atoms with van der Waals surface area (Å²) in [6, 6.07) is 19.3. The fourth-order valence-corrected chi connectivity index (χ4v) is 3.00. The van der Waals surface area contributed by atoms with Crippen LogP contribution >= 0.6 is 0 Å². The Morgan fingerprint density at radius 1 is 0.960 bits per heavy atom. The molecule has 1 aliphatic heterocycles. The van der Waals surface area contributed by atoms with Crippen molar-refractivity contribution >= 4 is 29.0 Å². The highest BCUT2D eigenvalue weighted by molar-refractivity contribution is 6.11. The van der Waals surface area contributed by atoms with E-state index in [2.05, 4.69) is 15.3 Å². The van der Waals surface area contributed by atoms with Crippen LogP contribution in [0.5, 0.6) is 0 Å². The number of hydrogen-bond acceptors (Lipinski definition) is 4. The average Bonchev–Trinajstić information content (AvgIpc) is 2.83. The first-order valence-electron chi connectivity index (χ1n) is 8.16. The molecule has 2 heterocycles. The quantitative estimate of drug-likeness (QED) is 0.783. The van der Waals surface area contributed by atoms with E-state index in [1.807, 2.05) is 74.5 Å². The zero-order valence-corrected chi connectivity index (χ0v) is 14.1. The number of nitrogens with one attached hydrogen (secondary N) is 1. The molecule has 1 amide bonds. The molecule has 0 atom stereocenters. The molecule has 0 fully saturated rings. The number of benzene rings is 2. The summed E-state index contributed by atoms with van der Waals surface area (Å²) < 4.78 is 0. The highest BCUT2D eigenvalue weighted by Gasteiger charge is 2.46. The fourth-order valence-electron chi connectivity index (χ4n) is 3.00. The number of amides is 1.